The molecule has 0 amide bonds. The van der Waals surface area contributed by atoms with Crippen LogP contribution in [0, 0.1) is 12.8 Å². The molecule has 3 rings (SSSR count). The summed E-state index contributed by atoms with van der Waals surface area (Å²) < 4.78 is 40.5. The highest BCUT2D eigenvalue weighted by Gasteiger charge is 2.36. The Morgan fingerprint density at radius 2 is 2.06 bits per heavy atom. The van der Waals surface area contributed by atoms with Crippen LogP contribution in [-0.2, 0) is 12.7 Å². The highest BCUT2D eigenvalue weighted by Crippen LogP contribution is 2.37. The third-order valence-corrected chi connectivity index (χ3v) is 3.31. The first-order chi connectivity index (χ1) is 8.47. The van der Waals surface area contributed by atoms with E-state index in [1.54, 1.807) is 10.7 Å². The van der Waals surface area contributed by atoms with Crippen molar-refractivity contribution in [3.63, 3.8) is 0 Å². The molecule has 1 aromatic carbocycles. The van der Waals surface area contributed by atoms with E-state index in [1.165, 1.54) is 13.0 Å². The maximum absolute atomic E-state index is 13.0. The van der Waals surface area contributed by atoms with Crippen molar-refractivity contribution in [2.75, 3.05) is 0 Å². The Morgan fingerprint density at radius 1 is 1.33 bits per heavy atom. The second-order valence-electron chi connectivity index (χ2n) is 4.84. The van der Waals surface area contributed by atoms with Gasteiger partial charge in [-0.25, -0.2) is 4.68 Å². The Bertz CT molecular complexity index is 596. The first kappa shape index (κ1) is 11.5. The minimum atomic E-state index is -4.38. The van der Waals surface area contributed by atoms with Gasteiger partial charge in [-0.3, -0.25) is 0 Å². The molecule has 0 bridgehead atoms. The monoisotopic (exact) mass is 255 g/mol. The molecule has 2 aromatic rings. The molecular weight excluding hydrogens is 243 g/mol. The molecule has 0 N–H and O–H groups in total. The van der Waals surface area contributed by atoms with E-state index in [1.807, 2.05) is 0 Å². The number of rotatable bonds is 2. The molecule has 18 heavy (non-hydrogen) atoms. The van der Waals surface area contributed by atoms with Gasteiger partial charge in [-0.15, -0.1) is 5.10 Å². The van der Waals surface area contributed by atoms with E-state index in [2.05, 4.69) is 10.3 Å². The number of aryl methyl sites for hydroxylation is 1. The van der Waals surface area contributed by atoms with Gasteiger partial charge >= 0.3 is 6.18 Å². The standard InChI is InChI=1S/C12H12F3N3/c1-7-2-5-9-11(10(7)12(13,14)15)16-17-18(9)6-8-3-4-8/h2,5,8H,3-4,6H2,1H3. The van der Waals surface area contributed by atoms with E-state index in [0.29, 0.717) is 18.0 Å². The van der Waals surface area contributed by atoms with Gasteiger partial charge in [0.25, 0.3) is 0 Å². The second kappa shape index (κ2) is 3.70. The summed E-state index contributed by atoms with van der Waals surface area (Å²) in [5.74, 6) is 0.547. The molecule has 1 fully saturated rings. The zero-order valence-corrected chi connectivity index (χ0v) is 9.83. The summed E-state index contributed by atoms with van der Waals surface area (Å²) in [6, 6.07) is 3.15. The molecule has 1 aromatic heterocycles. The summed E-state index contributed by atoms with van der Waals surface area (Å²) in [5, 5.41) is 7.58. The molecule has 0 atom stereocenters. The Labute approximate surface area is 102 Å². The lowest BCUT2D eigenvalue weighted by Crippen LogP contribution is -2.09. The summed E-state index contributed by atoms with van der Waals surface area (Å²) in [6.45, 7) is 2.11. The number of benzene rings is 1. The Hall–Kier alpha value is -1.59. The Kier molecular flexibility index (Phi) is 2.36. The van der Waals surface area contributed by atoms with Crippen LogP contribution in [0.2, 0.25) is 0 Å². The number of hydrogen-bond donors (Lipinski definition) is 0. The van der Waals surface area contributed by atoms with Crippen molar-refractivity contribution in [2.24, 2.45) is 5.92 Å². The molecule has 1 saturated carbocycles. The van der Waals surface area contributed by atoms with E-state index in [-0.39, 0.29) is 11.1 Å². The smallest absolute Gasteiger partial charge is 0.244 e. The second-order valence-corrected chi connectivity index (χ2v) is 4.84. The molecule has 0 aliphatic heterocycles. The van der Waals surface area contributed by atoms with Crippen LogP contribution in [-0.4, -0.2) is 15.0 Å². The quantitative estimate of drug-likeness (QED) is 0.825. The van der Waals surface area contributed by atoms with Crippen LogP contribution in [0.15, 0.2) is 12.1 Å². The van der Waals surface area contributed by atoms with Crippen molar-refractivity contribution < 1.29 is 13.2 Å². The average molecular weight is 255 g/mol. The van der Waals surface area contributed by atoms with E-state index in [9.17, 15) is 13.2 Å². The minimum Gasteiger partial charge on any atom is -0.244 e. The molecule has 1 heterocycles. The Balaban J connectivity index is 2.16. The molecule has 0 unspecified atom stereocenters. The lowest BCUT2D eigenvalue weighted by molar-refractivity contribution is -0.136. The van der Waals surface area contributed by atoms with Gasteiger partial charge in [-0.1, -0.05) is 11.3 Å². The number of nitrogens with zero attached hydrogens (tertiary/aromatic N) is 3. The summed E-state index contributed by atoms with van der Waals surface area (Å²) in [4.78, 5) is 0. The minimum absolute atomic E-state index is 0.0387. The first-order valence-corrected chi connectivity index (χ1v) is 5.87. The van der Waals surface area contributed by atoms with Crippen molar-refractivity contribution >= 4 is 11.0 Å². The molecule has 96 valence electrons. The van der Waals surface area contributed by atoms with E-state index in [4.69, 9.17) is 0 Å². The summed E-state index contributed by atoms with van der Waals surface area (Å²) >= 11 is 0. The van der Waals surface area contributed by atoms with Gasteiger partial charge in [0.1, 0.15) is 5.52 Å². The maximum Gasteiger partial charge on any atom is 0.418 e. The van der Waals surface area contributed by atoms with Gasteiger partial charge in [0, 0.05) is 6.54 Å². The van der Waals surface area contributed by atoms with Gasteiger partial charge in [0.05, 0.1) is 11.1 Å². The third kappa shape index (κ3) is 1.85. The molecule has 1 aliphatic carbocycles. The van der Waals surface area contributed by atoms with Crippen molar-refractivity contribution in [3.05, 3.63) is 23.3 Å². The summed E-state index contributed by atoms with van der Waals surface area (Å²) in [6.07, 6.45) is -2.14. The van der Waals surface area contributed by atoms with Crippen LogP contribution in [0.4, 0.5) is 13.2 Å². The van der Waals surface area contributed by atoms with Crippen molar-refractivity contribution in [3.8, 4) is 0 Å². The maximum atomic E-state index is 13.0. The number of halogens is 3. The predicted octanol–water partition coefficient (Wildman–Crippen LogP) is 3.17. The van der Waals surface area contributed by atoms with Crippen LogP contribution >= 0.6 is 0 Å². The van der Waals surface area contributed by atoms with Crippen LogP contribution in [0.5, 0.6) is 0 Å². The van der Waals surface area contributed by atoms with Gasteiger partial charge in [-0.05, 0) is 37.3 Å². The molecule has 0 saturated heterocycles. The van der Waals surface area contributed by atoms with Gasteiger partial charge in [0.2, 0.25) is 0 Å². The fourth-order valence-electron chi connectivity index (χ4n) is 2.18. The number of alkyl halides is 3. The summed E-state index contributed by atoms with van der Waals surface area (Å²) in [5.41, 5.74) is -0.0431. The zero-order chi connectivity index (χ0) is 12.9. The van der Waals surface area contributed by atoms with Crippen LogP contribution in [0.1, 0.15) is 24.0 Å². The van der Waals surface area contributed by atoms with Gasteiger partial charge in [0.15, 0.2) is 0 Å². The van der Waals surface area contributed by atoms with Crippen LogP contribution in [0.3, 0.4) is 0 Å². The zero-order valence-electron chi connectivity index (χ0n) is 9.83. The van der Waals surface area contributed by atoms with Crippen LogP contribution < -0.4 is 0 Å². The van der Waals surface area contributed by atoms with E-state index in [0.717, 1.165) is 12.8 Å². The highest BCUT2D eigenvalue weighted by atomic mass is 19.4. The van der Waals surface area contributed by atoms with Gasteiger partial charge in [-0.2, -0.15) is 13.2 Å². The topological polar surface area (TPSA) is 30.7 Å². The largest absolute Gasteiger partial charge is 0.418 e. The lowest BCUT2D eigenvalue weighted by atomic mass is 10.1. The fraction of sp³-hybridized carbons (Fsp3) is 0.500. The highest BCUT2D eigenvalue weighted by molar-refractivity contribution is 5.80. The normalized spacial score (nSPS) is 16.4. The molecule has 3 nitrogen and oxygen atoms in total. The van der Waals surface area contributed by atoms with Crippen LogP contribution in [0.25, 0.3) is 11.0 Å². The third-order valence-electron chi connectivity index (χ3n) is 3.31. The number of aromatic nitrogens is 3. The van der Waals surface area contributed by atoms with Crippen molar-refractivity contribution in [2.45, 2.75) is 32.5 Å². The lowest BCUT2D eigenvalue weighted by Gasteiger charge is -2.10. The van der Waals surface area contributed by atoms with Crippen molar-refractivity contribution in [1.29, 1.82) is 0 Å². The average Bonchev–Trinajstić information content (AvgIpc) is 2.98. The molecule has 1 aliphatic rings. The van der Waals surface area contributed by atoms with Crippen molar-refractivity contribution in [1.82, 2.24) is 15.0 Å². The van der Waals surface area contributed by atoms with E-state index < -0.39 is 11.7 Å². The molecular formula is C12H12F3N3. The molecule has 0 spiro atoms. The first-order valence-electron chi connectivity index (χ1n) is 5.87. The number of hydrogen-bond acceptors (Lipinski definition) is 2. The molecule has 0 radical (unpaired) electrons. The Morgan fingerprint density at radius 3 is 2.67 bits per heavy atom. The fourth-order valence-corrected chi connectivity index (χ4v) is 2.18. The molecule has 6 heteroatoms. The SMILES string of the molecule is Cc1ccc2c(nnn2CC2CC2)c1C(F)(F)F. The summed E-state index contributed by atoms with van der Waals surface area (Å²) in [7, 11) is 0. The predicted molar refractivity (Wildman–Crippen MR) is 60.0 cm³/mol. The van der Waals surface area contributed by atoms with E-state index >= 15 is 0 Å². The van der Waals surface area contributed by atoms with Gasteiger partial charge < -0.3 is 0 Å². The number of fused-ring (bicyclic) bond motifs is 1.